The third-order valence-electron chi connectivity index (χ3n) is 5.32. The van der Waals surface area contributed by atoms with E-state index in [1.807, 2.05) is 6.92 Å². The van der Waals surface area contributed by atoms with Crippen molar-refractivity contribution < 1.29 is 26.4 Å². The van der Waals surface area contributed by atoms with E-state index in [4.69, 9.17) is 11.6 Å². The molecule has 5 nitrogen and oxygen atoms in total. The monoisotopic (exact) mass is 524 g/mol. The third kappa shape index (κ3) is 6.62. The van der Waals surface area contributed by atoms with Gasteiger partial charge in [0.15, 0.2) is 0 Å². The highest BCUT2D eigenvalue weighted by Crippen LogP contribution is 2.34. The molecule has 0 spiro atoms. The first-order valence-electron chi connectivity index (χ1n) is 10.6. The van der Waals surface area contributed by atoms with E-state index in [1.165, 1.54) is 0 Å². The van der Waals surface area contributed by atoms with Gasteiger partial charge >= 0.3 is 6.18 Å². The first-order valence-corrected chi connectivity index (χ1v) is 12.5. The van der Waals surface area contributed by atoms with E-state index in [9.17, 15) is 26.4 Å². The van der Waals surface area contributed by atoms with Gasteiger partial charge in [-0.1, -0.05) is 59.6 Å². The smallest absolute Gasteiger partial charge is 0.323 e. The fraction of sp³-hybridized carbons (Fsp3) is 0.240. The van der Waals surface area contributed by atoms with Gasteiger partial charge in [-0.25, -0.2) is 8.42 Å². The Balaban J connectivity index is 1.97. The van der Waals surface area contributed by atoms with Crippen molar-refractivity contribution in [3.8, 4) is 0 Å². The van der Waals surface area contributed by atoms with Crippen LogP contribution in [0.3, 0.4) is 0 Å². The largest absolute Gasteiger partial charge is 0.416 e. The minimum absolute atomic E-state index is 0.0353. The molecule has 1 atom stereocenters. The summed E-state index contributed by atoms with van der Waals surface area (Å²) in [6.07, 6.45) is -4.68. The lowest BCUT2D eigenvalue weighted by Crippen LogP contribution is -2.45. The minimum Gasteiger partial charge on any atom is -0.323 e. The number of amides is 1. The van der Waals surface area contributed by atoms with Crippen LogP contribution in [-0.2, 0) is 27.4 Å². The second-order valence-electron chi connectivity index (χ2n) is 8.27. The van der Waals surface area contributed by atoms with Gasteiger partial charge in [-0.15, -0.1) is 0 Å². The molecule has 0 aliphatic heterocycles. The number of hydrogen-bond donors (Lipinski definition) is 2. The van der Waals surface area contributed by atoms with E-state index in [-0.39, 0.29) is 22.0 Å². The summed E-state index contributed by atoms with van der Waals surface area (Å²) in [6, 6.07) is 13.3. The molecular formula is C25H24ClF3N2O3S. The van der Waals surface area contributed by atoms with Crippen molar-refractivity contribution >= 4 is 33.2 Å². The Bertz CT molecular complexity index is 1320. The van der Waals surface area contributed by atoms with Crippen molar-refractivity contribution in [1.82, 2.24) is 4.72 Å². The highest BCUT2D eigenvalue weighted by atomic mass is 35.5. The second kappa shape index (κ2) is 10.4. The molecule has 0 aromatic heterocycles. The second-order valence-corrected chi connectivity index (χ2v) is 10.3. The number of alkyl halides is 3. The van der Waals surface area contributed by atoms with E-state index in [2.05, 4.69) is 10.0 Å². The van der Waals surface area contributed by atoms with E-state index in [0.29, 0.717) is 22.8 Å². The fourth-order valence-corrected chi connectivity index (χ4v) is 5.70. The molecule has 2 N–H and O–H groups in total. The van der Waals surface area contributed by atoms with Gasteiger partial charge in [0.1, 0.15) is 6.04 Å². The van der Waals surface area contributed by atoms with Gasteiger partial charge in [0, 0.05) is 0 Å². The van der Waals surface area contributed by atoms with E-state index in [1.54, 1.807) is 56.3 Å². The quantitative estimate of drug-likeness (QED) is 0.409. The first kappa shape index (κ1) is 26.7. The maximum Gasteiger partial charge on any atom is 0.416 e. The molecule has 1 unspecified atom stereocenters. The normalized spacial score (nSPS) is 12.9. The Morgan fingerprint density at radius 3 is 2.14 bits per heavy atom. The van der Waals surface area contributed by atoms with Crippen LogP contribution in [0.5, 0.6) is 0 Å². The number of hydrogen-bond acceptors (Lipinski definition) is 3. The maximum atomic E-state index is 13.3. The Labute approximate surface area is 207 Å². The van der Waals surface area contributed by atoms with Crippen LogP contribution in [0.25, 0.3) is 0 Å². The molecule has 0 aliphatic carbocycles. The van der Waals surface area contributed by atoms with Gasteiger partial charge in [-0.05, 0) is 62.1 Å². The number of sulfonamides is 1. The molecule has 10 heteroatoms. The van der Waals surface area contributed by atoms with Crippen molar-refractivity contribution in [3.05, 3.63) is 93.5 Å². The summed E-state index contributed by atoms with van der Waals surface area (Å²) in [5.74, 6) is -0.846. The van der Waals surface area contributed by atoms with E-state index in [0.717, 1.165) is 17.7 Å². The van der Waals surface area contributed by atoms with Crippen molar-refractivity contribution in [2.45, 2.75) is 44.3 Å². The van der Waals surface area contributed by atoms with Gasteiger partial charge < -0.3 is 5.32 Å². The molecular weight excluding hydrogens is 501 g/mol. The summed E-state index contributed by atoms with van der Waals surface area (Å²) < 4.78 is 68.5. The molecule has 0 heterocycles. The summed E-state index contributed by atoms with van der Waals surface area (Å²) in [7, 11) is -4.16. The van der Waals surface area contributed by atoms with Crippen LogP contribution in [-0.4, -0.2) is 20.4 Å². The topological polar surface area (TPSA) is 75.3 Å². The molecule has 0 saturated carbocycles. The number of carbonyl (C=O) groups is 1. The van der Waals surface area contributed by atoms with Crippen molar-refractivity contribution in [2.24, 2.45) is 0 Å². The van der Waals surface area contributed by atoms with E-state index >= 15 is 0 Å². The van der Waals surface area contributed by atoms with E-state index < -0.39 is 33.7 Å². The molecule has 0 radical (unpaired) electrons. The SMILES string of the molecule is Cc1cc(C)c(S(=O)(=O)NC(Cc2ccccc2)C(=O)Nc2cc(C(F)(F)F)ccc2Cl)c(C)c1. The molecule has 0 fully saturated rings. The van der Waals surface area contributed by atoms with Gasteiger partial charge in [-0.3, -0.25) is 4.79 Å². The molecule has 3 aromatic rings. The molecule has 0 bridgehead atoms. The van der Waals surface area contributed by atoms with Crippen LogP contribution < -0.4 is 10.0 Å². The predicted molar refractivity (Wildman–Crippen MR) is 130 cm³/mol. The standard InChI is InChI=1S/C25H24ClF3N2O3S/c1-15-11-16(2)23(17(3)12-15)35(33,34)31-22(13-18-7-5-4-6-8-18)24(32)30-21-14-19(25(27,28)29)9-10-20(21)26/h4-12,14,22,31H,13H2,1-3H3,(H,30,32). The summed E-state index contributed by atoms with van der Waals surface area (Å²) in [5.41, 5.74) is 1.29. The molecule has 3 aromatic carbocycles. The lowest BCUT2D eigenvalue weighted by Gasteiger charge is -2.21. The Morgan fingerprint density at radius 1 is 0.971 bits per heavy atom. The van der Waals surface area contributed by atoms with Gasteiger partial charge in [-0.2, -0.15) is 17.9 Å². The predicted octanol–water partition coefficient (Wildman–Crippen LogP) is 5.81. The Kier molecular flexibility index (Phi) is 7.93. The number of nitrogens with one attached hydrogen (secondary N) is 2. The highest BCUT2D eigenvalue weighted by molar-refractivity contribution is 7.89. The molecule has 0 saturated heterocycles. The fourth-order valence-electron chi connectivity index (χ4n) is 3.89. The number of aryl methyl sites for hydroxylation is 3. The zero-order valence-corrected chi connectivity index (χ0v) is 20.8. The number of anilines is 1. The van der Waals surface area contributed by atoms with Crippen LogP contribution in [0.4, 0.5) is 18.9 Å². The molecule has 0 aliphatic rings. The minimum atomic E-state index is -4.64. The summed E-state index contributed by atoms with van der Waals surface area (Å²) in [4.78, 5) is 13.2. The number of carbonyl (C=O) groups excluding carboxylic acids is 1. The number of rotatable bonds is 7. The van der Waals surface area contributed by atoms with Crippen molar-refractivity contribution in [1.29, 1.82) is 0 Å². The maximum absolute atomic E-state index is 13.3. The first-order chi connectivity index (χ1) is 16.3. The lowest BCUT2D eigenvalue weighted by atomic mass is 10.1. The van der Waals surface area contributed by atoms with Gasteiger partial charge in [0.2, 0.25) is 15.9 Å². The van der Waals surface area contributed by atoms with Gasteiger partial charge in [0.05, 0.1) is 21.2 Å². The molecule has 1 amide bonds. The number of halogens is 4. The number of benzene rings is 3. The summed E-state index contributed by atoms with van der Waals surface area (Å²) in [5, 5.41) is 2.24. The average molecular weight is 525 g/mol. The Hall–Kier alpha value is -2.88. The molecule has 186 valence electrons. The van der Waals surface area contributed by atoms with Gasteiger partial charge in [0.25, 0.3) is 0 Å². The van der Waals surface area contributed by atoms with Crippen molar-refractivity contribution in [3.63, 3.8) is 0 Å². The summed E-state index contributed by atoms with van der Waals surface area (Å²) in [6.45, 7) is 5.15. The average Bonchev–Trinajstić information content (AvgIpc) is 2.73. The summed E-state index contributed by atoms with van der Waals surface area (Å²) >= 11 is 6.02. The van der Waals surface area contributed by atoms with Crippen molar-refractivity contribution in [2.75, 3.05) is 5.32 Å². The zero-order valence-electron chi connectivity index (χ0n) is 19.2. The van der Waals surface area contributed by atoms with Crippen LogP contribution in [0.1, 0.15) is 27.8 Å². The lowest BCUT2D eigenvalue weighted by molar-refractivity contribution is -0.137. The van der Waals surface area contributed by atoms with Crippen LogP contribution in [0.2, 0.25) is 5.02 Å². The molecule has 35 heavy (non-hydrogen) atoms. The Morgan fingerprint density at radius 2 is 1.57 bits per heavy atom. The van der Waals surface area contributed by atoms with Crippen LogP contribution in [0, 0.1) is 20.8 Å². The highest BCUT2D eigenvalue weighted by Gasteiger charge is 2.32. The molecule has 3 rings (SSSR count). The van der Waals surface area contributed by atoms with Crippen LogP contribution in [0.15, 0.2) is 65.6 Å². The third-order valence-corrected chi connectivity index (χ3v) is 7.43. The van der Waals surface area contributed by atoms with Crippen LogP contribution >= 0.6 is 11.6 Å². The zero-order chi connectivity index (χ0) is 26.0.